The van der Waals surface area contributed by atoms with Gasteiger partial charge in [-0.1, -0.05) is 52.9 Å². The molecule has 0 aliphatic heterocycles. The van der Waals surface area contributed by atoms with E-state index in [9.17, 15) is 4.79 Å². The quantitative estimate of drug-likeness (QED) is 0.574. The van der Waals surface area contributed by atoms with Crippen molar-refractivity contribution >= 4 is 33.7 Å². The van der Waals surface area contributed by atoms with Gasteiger partial charge in [-0.25, -0.2) is 4.98 Å². The van der Waals surface area contributed by atoms with Crippen molar-refractivity contribution < 1.29 is 9.32 Å². The van der Waals surface area contributed by atoms with Gasteiger partial charge in [0.15, 0.2) is 5.13 Å². The Morgan fingerprint density at radius 2 is 1.96 bits per heavy atom. The van der Waals surface area contributed by atoms with Gasteiger partial charge in [0, 0.05) is 5.56 Å². The Morgan fingerprint density at radius 1 is 1.12 bits per heavy atom. The van der Waals surface area contributed by atoms with Crippen LogP contribution in [-0.2, 0) is 0 Å². The fraction of sp³-hybridized carbons (Fsp3) is 0.0588. The molecule has 0 unspecified atom stereocenters. The third kappa shape index (κ3) is 3.21. The Kier molecular flexibility index (Phi) is 4.12. The van der Waals surface area contributed by atoms with Gasteiger partial charge in [0.05, 0.1) is 10.6 Å². The zero-order valence-electron chi connectivity index (χ0n) is 13.1. The van der Waals surface area contributed by atoms with E-state index in [1.165, 1.54) is 22.7 Å². The zero-order valence-corrected chi connectivity index (χ0v) is 14.7. The fourth-order valence-electron chi connectivity index (χ4n) is 2.23. The smallest absolute Gasteiger partial charge is 0.270 e. The molecular formula is C17H12N4O2S2. The first-order valence-corrected chi connectivity index (χ1v) is 9.12. The molecule has 0 spiro atoms. The Morgan fingerprint density at radius 3 is 2.72 bits per heavy atom. The predicted molar refractivity (Wildman–Crippen MR) is 97.9 cm³/mol. The molecule has 3 aromatic heterocycles. The molecule has 1 N–H and O–H groups in total. The molecule has 8 heteroatoms. The van der Waals surface area contributed by atoms with Crippen LogP contribution in [0.1, 0.15) is 15.4 Å². The number of amides is 1. The monoisotopic (exact) mass is 368 g/mol. The zero-order chi connectivity index (χ0) is 17.2. The molecular weight excluding hydrogens is 356 g/mol. The summed E-state index contributed by atoms with van der Waals surface area (Å²) in [5.74, 6) is 0.740. The lowest BCUT2D eigenvalue weighted by Crippen LogP contribution is -2.09. The maximum Gasteiger partial charge on any atom is 0.270 e. The Balaban J connectivity index is 1.59. The lowest BCUT2D eigenvalue weighted by molar-refractivity contribution is 0.103. The number of benzene rings is 1. The molecule has 0 saturated carbocycles. The molecule has 0 atom stereocenters. The van der Waals surface area contributed by atoms with E-state index >= 15 is 0 Å². The minimum Gasteiger partial charge on any atom is -0.333 e. The summed E-state index contributed by atoms with van der Waals surface area (Å²) in [5, 5.41) is 9.19. The molecule has 0 fully saturated rings. The van der Waals surface area contributed by atoms with Crippen LogP contribution in [0, 0.1) is 6.92 Å². The van der Waals surface area contributed by atoms with Gasteiger partial charge in [0.1, 0.15) is 4.88 Å². The first-order chi connectivity index (χ1) is 12.2. The van der Waals surface area contributed by atoms with Crippen LogP contribution in [0.3, 0.4) is 0 Å². The first kappa shape index (κ1) is 15.7. The molecule has 0 aliphatic rings. The molecule has 124 valence electrons. The minimum absolute atomic E-state index is 0.175. The summed E-state index contributed by atoms with van der Waals surface area (Å²) in [7, 11) is 0. The van der Waals surface area contributed by atoms with E-state index < -0.39 is 0 Å². The molecule has 4 aromatic rings. The van der Waals surface area contributed by atoms with E-state index in [1.54, 1.807) is 6.07 Å². The van der Waals surface area contributed by atoms with E-state index in [0.717, 1.165) is 16.1 Å². The number of hydrogen-bond donors (Lipinski definition) is 1. The molecule has 0 aliphatic carbocycles. The maximum atomic E-state index is 12.1. The summed E-state index contributed by atoms with van der Waals surface area (Å²) >= 11 is 2.69. The average Bonchev–Trinajstić information content (AvgIpc) is 3.36. The third-order valence-corrected chi connectivity index (χ3v) is 5.34. The summed E-state index contributed by atoms with van der Waals surface area (Å²) in [4.78, 5) is 22.3. The molecule has 1 aromatic carbocycles. The van der Waals surface area contributed by atoms with Crippen LogP contribution in [0.15, 0.2) is 52.4 Å². The highest BCUT2D eigenvalue weighted by molar-refractivity contribution is 7.19. The predicted octanol–water partition coefficient (Wildman–Crippen LogP) is 4.48. The number of anilines is 1. The van der Waals surface area contributed by atoms with Crippen LogP contribution in [0.4, 0.5) is 5.13 Å². The van der Waals surface area contributed by atoms with Gasteiger partial charge in [-0.05, 0) is 18.4 Å². The van der Waals surface area contributed by atoms with Crippen molar-refractivity contribution in [2.75, 3.05) is 5.32 Å². The number of aromatic nitrogens is 3. The van der Waals surface area contributed by atoms with Gasteiger partial charge in [-0.3, -0.25) is 10.1 Å². The topological polar surface area (TPSA) is 80.9 Å². The highest BCUT2D eigenvalue weighted by atomic mass is 32.1. The molecule has 0 radical (unpaired) electrons. The van der Waals surface area contributed by atoms with Crippen LogP contribution in [0.2, 0.25) is 0 Å². The normalized spacial score (nSPS) is 10.8. The second-order valence-corrected chi connectivity index (χ2v) is 7.10. The number of aryl methyl sites for hydroxylation is 1. The molecule has 0 bridgehead atoms. The van der Waals surface area contributed by atoms with Crippen molar-refractivity contribution in [3.8, 4) is 22.2 Å². The van der Waals surface area contributed by atoms with Crippen LogP contribution in [0.5, 0.6) is 0 Å². The van der Waals surface area contributed by atoms with Crippen molar-refractivity contribution in [1.82, 2.24) is 15.1 Å². The van der Waals surface area contributed by atoms with E-state index in [0.29, 0.717) is 21.7 Å². The van der Waals surface area contributed by atoms with Gasteiger partial charge >= 0.3 is 0 Å². The average molecular weight is 368 g/mol. The largest absolute Gasteiger partial charge is 0.333 e. The number of hydrogen-bond acceptors (Lipinski definition) is 7. The van der Waals surface area contributed by atoms with Gasteiger partial charge in [-0.15, -0.1) is 11.3 Å². The SMILES string of the molecule is Cc1nc(NC(=O)c2cccs2)sc1-c1nc(-c2ccccc2)no1. The van der Waals surface area contributed by atoms with Crippen molar-refractivity contribution in [2.24, 2.45) is 0 Å². The van der Waals surface area contributed by atoms with Gasteiger partial charge in [-0.2, -0.15) is 4.98 Å². The lowest BCUT2D eigenvalue weighted by Gasteiger charge is -1.96. The lowest BCUT2D eigenvalue weighted by atomic mass is 10.2. The Hall–Kier alpha value is -2.84. The summed E-state index contributed by atoms with van der Waals surface area (Å²) in [6, 6.07) is 13.2. The molecule has 0 saturated heterocycles. The summed E-state index contributed by atoms with van der Waals surface area (Å²) in [6.45, 7) is 1.85. The highest BCUT2D eigenvalue weighted by Gasteiger charge is 2.18. The number of thiazole rings is 1. The second-order valence-electron chi connectivity index (χ2n) is 5.15. The van der Waals surface area contributed by atoms with Crippen molar-refractivity contribution in [3.05, 3.63) is 58.4 Å². The maximum absolute atomic E-state index is 12.1. The summed E-state index contributed by atoms with van der Waals surface area (Å²) in [5.41, 5.74) is 1.61. The highest BCUT2D eigenvalue weighted by Crippen LogP contribution is 2.33. The summed E-state index contributed by atoms with van der Waals surface area (Å²) in [6.07, 6.45) is 0. The minimum atomic E-state index is -0.175. The van der Waals surface area contributed by atoms with E-state index in [4.69, 9.17) is 4.52 Å². The third-order valence-electron chi connectivity index (χ3n) is 3.41. The van der Waals surface area contributed by atoms with Crippen LogP contribution >= 0.6 is 22.7 Å². The van der Waals surface area contributed by atoms with Crippen LogP contribution in [0.25, 0.3) is 22.2 Å². The Labute approximate surface area is 151 Å². The number of thiophene rings is 1. The Bertz CT molecular complexity index is 1010. The number of nitrogens with one attached hydrogen (secondary N) is 1. The van der Waals surface area contributed by atoms with Crippen LogP contribution < -0.4 is 5.32 Å². The van der Waals surface area contributed by atoms with Gasteiger partial charge < -0.3 is 4.52 Å². The number of carbonyl (C=O) groups excluding carboxylic acids is 1. The fourth-order valence-corrected chi connectivity index (χ4v) is 3.74. The second kappa shape index (κ2) is 6.58. The van der Waals surface area contributed by atoms with Crippen molar-refractivity contribution in [3.63, 3.8) is 0 Å². The van der Waals surface area contributed by atoms with Crippen LogP contribution in [-0.4, -0.2) is 21.0 Å². The molecule has 4 rings (SSSR count). The number of nitrogens with zero attached hydrogens (tertiary/aromatic N) is 3. The van der Waals surface area contributed by atoms with Crippen molar-refractivity contribution in [2.45, 2.75) is 6.92 Å². The first-order valence-electron chi connectivity index (χ1n) is 7.42. The molecule has 6 nitrogen and oxygen atoms in total. The summed E-state index contributed by atoms with van der Waals surface area (Å²) < 4.78 is 5.38. The van der Waals surface area contributed by atoms with Gasteiger partial charge in [0.25, 0.3) is 11.8 Å². The van der Waals surface area contributed by atoms with E-state index in [1.807, 2.05) is 48.7 Å². The van der Waals surface area contributed by atoms with Gasteiger partial charge in [0.2, 0.25) is 5.82 Å². The van der Waals surface area contributed by atoms with E-state index in [-0.39, 0.29) is 5.91 Å². The molecule has 1 amide bonds. The molecule has 25 heavy (non-hydrogen) atoms. The molecule has 3 heterocycles. The van der Waals surface area contributed by atoms with Crippen molar-refractivity contribution in [1.29, 1.82) is 0 Å². The number of carbonyl (C=O) groups is 1. The van der Waals surface area contributed by atoms with E-state index in [2.05, 4.69) is 20.4 Å². The standard InChI is InChI=1S/C17H12N4O2S2/c1-10-13(16-19-14(21-23-16)11-6-3-2-4-7-11)25-17(18-10)20-15(22)12-8-5-9-24-12/h2-9H,1H3,(H,18,20,22). The number of rotatable bonds is 4.